The molecule has 2 aromatic carbocycles. The minimum atomic E-state index is -0.155. The molecule has 1 aliphatic rings. The number of pyridine rings is 1. The second kappa shape index (κ2) is 5.72. The molecule has 2 heterocycles. The number of nitrogens with zero attached hydrogens (tertiary/aromatic N) is 1. The Bertz CT molecular complexity index is 876. The van der Waals surface area contributed by atoms with Gasteiger partial charge in [-0.2, -0.15) is 0 Å². The fourth-order valence-electron chi connectivity index (χ4n) is 2.92. The summed E-state index contributed by atoms with van der Waals surface area (Å²) in [6.07, 6.45) is 0.760. The summed E-state index contributed by atoms with van der Waals surface area (Å²) in [5.41, 5.74) is 2.29. The van der Waals surface area contributed by atoms with Gasteiger partial charge < -0.3 is 10.1 Å². The first kappa shape index (κ1) is 13.8. The van der Waals surface area contributed by atoms with E-state index in [1.165, 1.54) is 0 Å². The maximum Gasteiger partial charge on any atom is 0.270 e. The second-order valence-corrected chi connectivity index (χ2v) is 5.59. The van der Waals surface area contributed by atoms with Crippen LogP contribution in [0.1, 0.15) is 28.5 Å². The first-order valence-electron chi connectivity index (χ1n) is 7.70. The van der Waals surface area contributed by atoms with Gasteiger partial charge in [0.2, 0.25) is 0 Å². The number of carbonyl (C=O) groups excluding carboxylic acids is 1. The first-order chi connectivity index (χ1) is 11.3. The third-order valence-corrected chi connectivity index (χ3v) is 4.09. The van der Waals surface area contributed by atoms with E-state index < -0.39 is 0 Å². The van der Waals surface area contributed by atoms with Gasteiger partial charge >= 0.3 is 0 Å². The van der Waals surface area contributed by atoms with Crippen LogP contribution >= 0.6 is 0 Å². The van der Waals surface area contributed by atoms with Crippen molar-refractivity contribution in [1.82, 2.24) is 10.3 Å². The summed E-state index contributed by atoms with van der Waals surface area (Å²) < 4.78 is 5.63. The molecule has 1 amide bonds. The van der Waals surface area contributed by atoms with Gasteiger partial charge in [-0.05, 0) is 18.2 Å². The largest absolute Gasteiger partial charge is 0.493 e. The minimum Gasteiger partial charge on any atom is -0.493 e. The Hall–Kier alpha value is -2.88. The van der Waals surface area contributed by atoms with Crippen LogP contribution in [0.15, 0.2) is 60.7 Å². The molecule has 0 saturated carbocycles. The molecule has 0 fully saturated rings. The van der Waals surface area contributed by atoms with E-state index in [9.17, 15) is 4.79 Å². The predicted octanol–water partition coefficient (Wildman–Crippen LogP) is 3.49. The van der Waals surface area contributed by atoms with Crippen LogP contribution < -0.4 is 10.1 Å². The van der Waals surface area contributed by atoms with Gasteiger partial charge in [0.1, 0.15) is 11.4 Å². The number of aromatic nitrogens is 1. The maximum absolute atomic E-state index is 12.6. The highest BCUT2D eigenvalue weighted by atomic mass is 16.5. The molecule has 0 bridgehead atoms. The number of ether oxygens (including phenoxy) is 1. The van der Waals surface area contributed by atoms with Gasteiger partial charge in [-0.1, -0.05) is 42.5 Å². The molecule has 0 aliphatic carbocycles. The molecule has 1 atom stereocenters. The number of hydrogen-bond acceptors (Lipinski definition) is 3. The summed E-state index contributed by atoms with van der Waals surface area (Å²) >= 11 is 0. The molecule has 114 valence electrons. The fraction of sp³-hybridized carbons (Fsp3) is 0.158. The van der Waals surface area contributed by atoms with Crippen molar-refractivity contribution in [2.45, 2.75) is 12.5 Å². The summed E-state index contributed by atoms with van der Waals surface area (Å²) in [5, 5.41) is 4.10. The smallest absolute Gasteiger partial charge is 0.270 e. The third kappa shape index (κ3) is 2.63. The van der Waals surface area contributed by atoms with E-state index in [-0.39, 0.29) is 11.9 Å². The zero-order chi connectivity index (χ0) is 15.6. The molecule has 1 N–H and O–H groups in total. The van der Waals surface area contributed by atoms with Gasteiger partial charge in [0.15, 0.2) is 0 Å². The van der Waals surface area contributed by atoms with Crippen molar-refractivity contribution in [3.63, 3.8) is 0 Å². The number of para-hydroxylation sites is 2. The Balaban J connectivity index is 1.60. The molecule has 4 heteroatoms. The van der Waals surface area contributed by atoms with Crippen molar-refractivity contribution in [2.24, 2.45) is 0 Å². The van der Waals surface area contributed by atoms with E-state index in [4.69, 9.17) is 4.74 Å². The highest BCUT2D eigenvalue weighted by Gasteiger charge is 2.23. The predicted molar refractivity (Wildman–Crippen MR) is 88.5 cm³/mol. The lowest BCUT2D eigenvalue weighted by Crippen LogP contribution is -2.32. The molecular weight excluding hydrogens is 288 g/mol. The normalized spacial score (nSPS) is 16.4. The van der Waals surface area contributed by atoms with Crippen LogP contribution in [0.5, 0.6) is 5.75 Å². The first-order valence-corrected chi connectivity index (χ1v) is 7.70. The van der Waals surface area contributed by atoms with Crippen molar-refractivity contribution in [1.29, 1.82) is 0 Å². The van der Waals surface area contributed by atoms with Crippen LogP contribution in [0.3, 0.4) is 0 Å². The Labute approximate surface area is 134 Å². The van der Waals surface area contributed by atoms with Gasteiger partial charge in [-0.15, -0.1) is 0 Å². The molecule has 1 aromatic heterocycles. The Morgan fingerprint density at radius 3 is 2.83 bits per heavy atom. The molecule has 0 radical (unpaired) electrons. The Morgan fingerprint density at radius 2 is 1.87 bits per heavy atom. The highest BCUT2D eigenvalue weighted by Crippen LogP contribution is 2.31. The van der Waals surface area contributed by atoms with Crippen LogP contribution in [-0.4, -0.2) is 17.5 Å². The lowest BCUT2D eigenvalue weighted by atomic mass is 10.0. The molecule has 3 aromatic rings. The summed E-state index contributed by atoms with van der Waals surface area (Å²) in [4.78, 5) is 17.0. The van der Waals surface area contributed by atoms with Gasteiger partial charge in [0.25, 0.3) is 5.91 Å². The van der Waals surface area contributed by atoms with E-state index in [1.807, 2.05) is 54.6 Å². The van der Waals surface area contributed by atoms with E-state index in [2.05, 4.69) is 10.3 Å². The lowest BCUT2D eigenvalue weighted by Gasteiger charge is -2.26. The van der Waals surface area contributed by atoms with E-state index in [0.29, 0.717) is 12.3 Å². The number of rotatable bonds is 2. The second-order valence-electron chi connectivity index (χ2n) is 5.59. The van der Waals surface area contributed by atoms with Crippen LogP contribution in [0.4, 0.5) is 0 Å². The van der Waals surface area contributed by atoms with Gasteiger partial charge in [0.05, 0.1) is 18.2 Å². The third-order valence-electron chi connectivity index (χ3n) is 4.09. The molecular formula is C19H16N2O2. The summed E-state index contributed by atoms with van der Waals surface area (Å²) in [6, 6.07) is 19.3. The van der Waals surface area contributed by atoms with Crippen molar-refractivity contribution in [3.8, 4) is 5.75 Å². The van der Waals surface area contributed by atoms with E-state index >= 15 is 0 Å². The standard InChI is InChI=1S/C19H16N2O2/c22-19(17-10-9-13-5-1-3-7-15(13)20-17)21-16-11-12-23-18-8-4-2-6-14(16)18/h1-10,16H,11-12H2,(H,21,22)/t16-/m0/s1. The summed E-state index contributed by atoms with van der Waals surface area (Å²) in [7, 11) is 0. The topological polar surface area (TPSA) is 51.2 Å². The molecule has 4 rings (SSSR count). The molecule has 0 spiro atoms. The summed E-state index contributed by atoms with van der Waals surface area (Å²) in [5.74, 6) is 0.688. The Morgan fingerprint density at radius 1 is 1.04 bits per heavy atom. The van der Waals surface area contributed by atoms with Crippen molar-refractivity contribution >= 4 is 16.8 Å². The number of fused-ring (bicyclic) bond motifs is 2. The van der Waals surface area contributed by atoms with Crippen molar-refractivity contribution in [2.75, 3.05) is 6.61 Å². The van der Waals surface area contributed by atoms with Gasteiger partial charge in [0, 0.05) is 17.4 Å². The zero-order valence-electron chi connectivity index (χ0n) is 12.5. The van der Waals surface area contributed by atoms with Crippen molar-refractivity contribution in [3.05, 3.63) is 71.9 Å². The van der Waals surface area contributed by atoms with Gasteiger partial charge in [-0.3, -0.25) is 4.79 Å². The van der Waals surface area contributed by atoms with Crippen molar-refractivity contribution < 1.29 is 9.53 Å². The van der Waals surface area contributed by atoms with Crippen LogP contribution in [0.25, 0.3) is 10.9 Å². The number of hydrogen-bond donors (Lipinski definition) is 1. The molecule has 23 heavy (non-hydrogen) atoms. The van der Waals surface area contributed by atoms with Crippen LogP contribution in [0.2, 0.25) is 0 Å². The number of benzene rings is 2. The average molecular weight is 304 g/mol. The monoisotopic (exact) mass is 304 g/mol. The van der Waals surface area contributed by atoms with E-state index in [0.717, 1.165) is 28.6 Å². The van der Waals surface area contributed by atoms with Crippen LogP contribution in [-0.2, 0) is 0 Å². The minimum absolute atomic E-state index is 0.0410. The fourth-order valence-corrected chi connectivity index (χ4v) is 2.92. The maximum atomic E-state index is 12.6. The summed E-state index contributed by atoms with van der Waals surface area (Å²) in [6.45, 7) is 0.604. The quantitative estimate of drug-likeness (QED) is 0.788. The van der Waals surface area contributed by atoms with E-state index in [1.54, 1.807) is 6.07 Å². The highest BCUT2D eigenvalue weighted by molar-refractivity contribution is 5.95. The number of nitrogens with one attached hydrogen (secondary N) is 1. The SMILES string of the molecule is O=C(N[C@H]1CCOc2ccccc21)c1ccc2ccccc2n1. The zero-order valence-corrected chi connectivity index (χ0v) is 12.5. The number of carbonyl (C=O) groups is 1. The van der Waals surface area contributed by atoms with Crippen LogP contribution in [0, 0.1) is 0 Å². The molecule has 1 aliphatic heterocycles. The molecule has 0 unspecified atom stereocenters. The number of amides is 1. The Kier molecular flexibility index (Phi) is 3.42. The molecule has 0 saturated heterocycles. The lowest BCUT2D eigenvalue weighted by molar-refractivity contribution is 0.0920. The molecule has 4 nitrogen and oxygen atoms in total. The average Bonchev–Trinajstić information content (AvgIpc) is 2.61. The van der Waals surface area contributed by atoms with Gasteiger partial charge in [-0.25, -0.2) is 4.98 Å².